The highest BCUT2D eigenvalue weighted by atomic mass is 16.3. The van der Waals surface area contributed by atoms with Crippen LogP contribution in [-0.4, -0.2) is 17.2 Å². The molecule has 2 aromatic carbocycles. The molecule has 0 amide bonds. The van der Waals surface area contributed by atoms with Gasteiger partial charge in [-0.3, -0.25) is 0 Å². The summed E-state index contributed by atoms with van der Waals surface area (Å²) in [6, 6.07) is 18.5. The number of nitrogens with one attached hydrogen (secondary N) is 1. The number of benzene rings is 2. The molecule has 3 nitrogen and oxygen atoms in total. The molecule has 3 atom stereocenters. The maximum Gasteiger partial charge on any atom is 0.0943 e. The lowest BCUT2D eigenvalue weighted by Crippen LogP contribution is -2.35. The maximum atomic E-state index is 10.5. The van der Waals surface area contributed by atoms with Crippen LogP contribution >= 0.6 is 0 Å². The summed E-state index contributed by atoms with van der Waals surface area (Å²) in [5.41, 5.74) is 8.79. The van der Waals surface area contributed by atoms with Crippen LogP contribution in [0.3, 0.4) is 0 Å². The van der Waals surface area contributed by atoms with Crippen LogP contribution in [0.5, 0.6) is 0 Å². The first kappa shape index (κ1) is 14.1. The van der Waals surface area contributed by atoms with E-state index in [1.807, 2.05) is 42.5 Å². The first-order chi connectivity index (χ1) is 10.2. The Morgan fingerprint density at radius 3 is 2.48 bits per heavy atom. The van der Waals surface area contributed by atoms with Crippen molar-refractivity contribution in [2.45, 2.75) is 37.5 Å². The number of anilines is 1. The van der Waals surface area contributed by atoms with Crippen molar-refractivity contribution in [3.05, 3.63) is 65.7 Å². The van der Waals surface area contributed by atoms with Gasteiger partial charge in [0.25, 0.3) is 0 Å². The second-order valence-corrected chi connectivity index (χ2v) is 5.85. The van der Waals surface area contributed by atoms with Crippen molar-refractivity contribution in [3.63, 3.8) is 0 Å². The SMILES string of the molecule is Nc1ccc(CC2CC[C@H]([C@H](O)c3ccccc3)N2)cc1. The van der Waals surface area contributed by atoms with Crippen molar-refractivity contribution < 1.29 is 5.11 Å². The van der Waals surface area contributed by atoms with Crippen LogP contribution in [0.25, 0.3) is 0 Å². The van der Waals surface area contributed by atoms with Crippen LogP contribution in [-0.2, 0) is 6.42 Å². The molecule has 2 aromatic rings. The van der Waals surface area contributed by atoms with E-state index in [1.165, 1.54) is 5.56 Å². The monoisotopic (exact) mass is 282 g/mol. The average Bonchev–Trinajstić information content (AvgIpc) is 2.98. The number of hydrogen-bond donors (Lipinski definition) is 3. The number of nitrogens with two attached hydrogens (primary N) is 1. The molecule has 0 saturated carbocycles. The van der Waals surface area contributed by atoms with Gasteiger partial charge in [0.1, 0.15) is 0 Å². The maximum absolute atomic E-state index is 10.5. The Labute approximate surface area is 125 Å². The second kappa shape index (κ2) is 6.29. The van der Waals surface area contributed by atoms with Gasteiger partial charge in [-0.25, -0.2) is 0 Å². The fourth-order valence-corrected chi connectivity index (χ4v) is 3.08. The molecule has 110 valence electrons. The van der Waals surface area contributed by atoms with Crippen LogP contribution in [0, 0.1) is 0 Å². The Kier molecular flexibility index (Phi) is 4.23. The molecule has 1 fully saturated rings. The van der Waals surface area contributed by atoms with Crippen LogP contribution in [0.4, 0.5) is 5.69 Å². The third-order valence-corrected chi connectivity index (χ3v) is 4.26. The second-order valence-electron chi connectivity index (χ2n) is 5.85. The van der Waals surface area contributed by atoms with Crippen molar-refractivity contribution in [2.24, 2.45) is 0 Å². The summed E-state index contributed by atoms with van der Waals surface area (Å²) < 4.78 is 0. The van der Waals surface area contributed by atoms with Crippen molar-refractivity contribution in [1.29, 1.82) is 0 Å². The van der Waals surface area contributed by atoms with Gasteiger partial charge in [-0.15, -0.1) is 0 Å². The Bertz CT molecular complexity index is 568. The molecule has 4 N–H and O–H groups in total. The minimum Gasteiger partial charge on any atom is -0.399 e. The molecular weight excluding hydrogens is 260 g/mol. The van der Waals surface area contributed by atoms with E-state index in [2.05, 4.69) is 17.4 Å². The number of aliphatic hydroxyl groups is 1. The molecule has 3 rings (SSSR count). The van der Waals surface area contributed by atoms with E-state index in [-0.39, 0.29) is 6.04 Å². The zero-order valence-corrected chi connectivity index (χ0v) is 12.1. The lowest BCUT2D eigenvalue weighted by molar-refractivity contribution is 0.135. The molecule has 1 aliphatic heterocycles. The number of hydrogen-bond acceptors (Lipinski definition) is 3. The van der Waals surface area contributed by atoms with Crippen molar-refractivity contribution in [1.82, 2.24) is 5.32 Å². The highest BCUT2D eigenvalue weighted by molar-refractivity contribution is 5.39. The molecule has 1 unspecified atom stereocenters. The average molecular weight is 282 g/mol. The quantitative estimate of drug-likeness (QED) is 0.756. The fourth-order valence-electron chi connectivity index (χ4n) is 3.08. The van der Waals surface area contributed by atoms with Gasteiger partial charge in [-0.2, -0.15) is 0 Å². The van der Waals surface area contributed by atoms with E-state index in [1.54, 1.807) is 0 Å². The molecule has 0 aromatic heterocycles. The molecular formula is C18H22N2O. The molecule has 0 radical (unpaired) electrons. The Morgan fingerprint density at radius 2 is 1.76 bits per heavy atom. The molecule has 0 bridgehead atoms. The lowest BCUT2D eigenvalue weighted by atomic mass is 10.0. The van der Waals surface area contributed by atoms with E-state index in [4.69, 9.17) is 5.73 Å². The normalized spacial score (nSPS) is 23.1. The van der Waals surface area contributed by atoms with E-state index in [9.17, 15) is 5.11 Å². The predicted octanol–water partition coefficient (Wildman–Crippen LogP) is 2.67. The molecule has 1 aliphatic rings. The Morgan fingerprint density at radius 1 is 1.05 bits per heavy atom. The van der Waals surface area contributed by atoms with Crippen LogP contribution < -0.4 is 11.1 Å². The van der Waals surface area contributed by atoms with Crippen LogP contribution in [0.1, 0.15) is 30.1 Å². The fraction of sp³-hybridized carbons (Fsp3) is 0.333. The minimum atomic E-state index is -0.428. The summed E-state index contributed by atoms with van der Waals surface area (Å²) in [6.45, 7) is 0. The van der Waals surface area contributed by atoms with Crippen LogP contribution in [0.2, 0.25) is 0 Å². The zero-order valence-electron chi connectivity index (χ0n) is 12.1. The summed E-state index contributed by atoms with van der Waals surface area (Å²) in [6.07, 6.45) is 2.66. The molecule has 1 heterocycles. The highest BCUT2D eigenvalue weighted by Crippen LogP contribution is 2.26. The van der Waals surface area contributed by atoms with E-state index >= 15 is 0 Å². The molecule has 1 saturated heterocycles. The van der Waals surface area contributed by atoms with Gasteiger partial charge < -0.3 is 16.2 Å². The van der Waals surface area contributed by atoms with Gasteiger partial charge in [-0.05, 0) is 42.5 Å². The molecule has 3 heteroatoms. The third kappa shape index (κ3) is 3.43. The highest BCUT2D eigenvalue weighted by Gasteiger charge is 2.29. The van der Waals surface area contributed by atoms with E-state index < -0.39 is 6.10 Å². The van der Waals surface area contributed by atoms with E-state index in [0.29, 0.717) is 6.04 Å². The standard InChI is InChI=1S/C18H22N2O/c19-15-8-6-13(7-9-15)12-16-10-11-17(20-16)18(21)14-4-2-1-3-5-14/h1-9,16-18,20-21H,10-12,19H2/t16?,17-,18-/m1/s1. The predicted molar refractivity (Wildman–Crippen MR) is 85.9 cm³/mol. The third-order valence-electron chi connectivity index (χ3n) is 4.26. The smallest absolute Gasteiger partial charge is 0.0943 e. The topological polar surface area (TPSA) is 58.3 Å². The van der Waals surface area contributed by atoms with Gasteiger partial charge in [0.2, 0.25) is 0 Å². The van der Waals surface area contributed by atoms with Gasteiger partial charge in [0.15, 0.2) is 0 Å². The summed E-state index contributed by atoms with van der Waals surface area (Å²) in [5.74, 6) is 0. The van der Waals surface area contributed by atoms with Gasteiger partial charge in [0, 0.05) is 17.8 Å². The van der Waals surface area contributed by atoms with Crippen molar-refractivity contribution >= 4 is 5.69 Å². The first-order valence-corrected chi connectivity index (χ1v) is 7.56. The summed E-state index contributed by atoms with van der Waals surface area (Å²) in [7, 11) is 0. The largest absolute Gasteiger partial charge is 0.399 e. The van der Waals surface area contributed by atoms with E-state index in [0.717, 1.165) is 30.5 Å². The minimum absolute atomic E-state index is 0.145. The summed E-state index contributed by atoms with van der Waals surface area (Å²) >= 11 is 0. The lowest BCUT2D eigenvalue weighted by Gasteiger charge is -2.20. The Balaban J connectivity index is 1.59. The number of rotatable bonds is 4. The zero-order chi connectivity index (χ0) is 14.7. The molecule has 0 aliphatic carbocycles. The van der Waals surface area contributed by atoms with Gasteiger partial charge in [-0.1, -0.05) is 42.5 Å². The first-order valence-electron chi connectivity index (χ1n) is 7.56. The van der Waals surface area contributed by atoms with Gasteiger partial charge >= 0.3 is 0 Å². The van der Waals surface area contributed by atoms with Crippen LogP contribution in [0.15, 0.2) is 54.6 Å². The Hall–Kier alpha value is -1.84. The number of aliphatic hydroxyl groups excluding tert-OH is 1. The molecule has 21 heavy (non-hydrogen) atoms. The summed E-state index contributed by atoms with van der Waals surface area (Å²) in [4.78, 5) is 0. The number of nitrogen functional groups attached to an aromatic ring is 1. The van der Waals surface area contributed by atoms with Crippen molar-refractivity contribution in [2.75, 3.05) is 5.73 Å². The molecule has 0 spiro atoms. The van der Waals surface area contributed by atoms with Gasteiger partial charge in [0.05, 0.1) is 6.10 Å². The van der Waals surface area contributed by atoms with Crippen molar-refractivity contribution in [3.8, 4) is 0 Å². The summed E-state index contributed by atoms with van der Waals surface area (Å²) in [5, 5.41) is 14.0.